The molecule has 6 nitrogen and oxygen atoms in total. The van der Waals surface area contributed by atoms with Crippen molar-refractivity contribution in [2.45, 2.75) is 32.6 Å². The van der Waals surface area contributed by atoms with Crippen molar-refractivity contribution >= 4 is 50.9 Å². The van der Waals surface area contributed by atoms with Crippen LogP contribution in [0.15, 0.2) is 34.9 Å². The number of aryl methyl sites for hydroxylation is 2. The summed E-state index contributed by atoms with van der Waals surface area (Å²) in [6, 6.07) is 6.06. The lowest BCUT2D eigenvalue weighted by Gasteiger charge is -2.06. The van der Waals surface area contributed by atoms with Gasteiger partial charge in [0.15, 0.2) is 11.5 Å². The van der Waals surface area contributed by atoms with Crippen molar-refractivity contribution in [1.82, 2.24) is 19.6 Å². The van der Waals surface area contributed by atoms with Gasteiger partial charge in [-0.05, 0) is 46.6 Å². The molecule has 1 amide bonds. The zero-order chi connectivity index (χ0) is 22.1. The normalized spacial score (nSPS) is 11.7. The van der Waals surface area contributed by atoms with Crippen LogP contribution < -0.4 is 5.32 Å². The Hall–Kier alpha value is -2.04. The smallest absolute Gasteiger partial charge is 0.308 e. The zero-order valence-electron chi connectivity index (χ0n) is 15.5. The second kappa shape index (κ2) is 8.99. The average Bonchev–Trinajstić information content (AvgIpc) is 3.18. The van der Waals surface area contributed by atoms with Crippen molar-refractivity contribution in [2.24, 2.45) is 0 Å². The van der Waals surface area contributed by atoms with E-state index in [1.165, 1.54) is 6.92 Å². The molecule has 1 N–H and O–H groups in total. The summed E-state index contributed by atoms with van der Waals surface area (Å²) in [6.45, 7) is 1.87. The standard InChI is InChI=1S/C18H15BrCl2F3N5O/c1-10-6-15(18(22,23)24)26-29(10)5-4-16(30)25-17-13(19)9-28(27-17)8-11-2-3-12(20)7-14(11)21/h2-3,6-7,9H,4-5,8H2,1H3,(H,25,27,30). The molecule has 160 valence electrons. The number of rotatable bonds is 6. The molecule has 0 spiro atoms. The Bertz CT molecular complexity index is 1080. The summed E-state index contributed by atoms with van der Waals surface area (Å²) in [6.07, 6.45) is -2.92. The summed E-state index contributed by atoms with van der Waals surface area (Å²) in [5.41, 5.74) is 0.131. The van der Waals surface area contributed by atoms with E-state index in [9.17, 15) is 18.0 Å². The Morgan fingerprint density at radius 1 is 1.23 bits per heavy atom. The number of nitrogens with zero attached hydrogens (tertiary/aromatic N) is 4. The van der Waals surface area contributed by atoms with E-state index in [1.54, 1.807) is 29.1 Å². The first-order valence-electron chi connectivity index (χ1n) is 8.61. The molecule has 12 heteroatoms. The van der Waals surface area contributed by atoms with Gasteiger partial charge >= 0.3 is 6.18 Å². The van der Waals surface area contributed by atoms with E-state index in [4.69, 9.17) is 23.2 Å². The van der Waals surface area contributed by atoms with Gasteiger partial charge in [0.25, 0.3) is 0 Å². The Morgan fingerprint density at radius 3 is 2.60 bits per heavy atom. The maximum Gasteiger partial charge on any atom is 0.435 e. The zero-order valence-corrected chi connectivity index (χ0v) is 18.6. The Morgan fingerprint density at radius 2 is 1.97 bits per heavy atom. The molecule has 0 aliphatic carbocycles. The van der Waals surface area contributed by atoms with E-state index in [0.717, 1.165) is 16.3 Å². The third-order valence-corrected chi connectivity index (χ3v) is 5.31. The highest BCUT2D eigenvalue weighted by atomic mass is 79.9. The first kappa shape index (κ1) is 22.6. The number of hydrogen-bond acceptors (Lipinski definition) is 3. The average molecular weight is 525 g/mol. The Labute approximate surface area is 188 Å². The van der Waals surface area contributed by atoms with Gasteiger partial charge in [-0.25, -0.2) is 0 Å². The number of carbonyl (C=O) groups excluding carboxylic acids is 1. The van der Waals surface area contributed by atoms with Crippen molar-refractivity contribution in [2.75, 3.05) is 5.32 Å². The number of alkyl halides is 3. The topological polar surface area (TPSA) is 64.7 Å². The number of anilines is 1. The molecular weight excluding hydrogens is 510 g/mol. The fourth-order valence-electron chi connectivity index (χ4n) is 2.66. The van der Waals surface area contributed by atoms with Crippen LogP contribution in [0.3, 0.4) is 0 Å². The minimum atomic E-state index is -4.52. The van der Waals surface area contributed by atoms with Crippen LogP contribution in [0.4, 0.5) is 19.0 Å². The summed E-state index contributed by atoms with van der Waals surface area (Å²) in [4.78, 5) is 12.2. The van der Waals surface area contributed by atoms with Crippen LogP contribution >= 0.6 is 39.1 Å². The first-order chi connectivity index (χ1) is 14.0. The number of carbonyl (C=O) groups is 1. The molecule has 2 heterocycles. The predicted octanol–water partition coefficient (Wildman–Crippen LogP) is 5.55. The van der Waals surface area contributed by atoms with Crippen molar-refractivity contribution in [1.29, 1.82) is 0 Å². The van der Waals surface area contributed by atoms with Gasteiger partial charge < -0.3 is 5.32 Å². The van der Waals surface area contributed by atoms with Gasteiger partial charge in [-0.2, -0.15) is 23.4 Å². The van der Waals surface area contributed by atoms with Crippen molar-refractivity contribution in [3.8, 4) is 0 Å². The third kappa shape index (κ3) is 5.55. The van der Waals surface area contributed by atoms with Crippen LogP contribution in [-0.2, 0) is 24.1 Å². The predicted molar refractivity (Wildman–Crippen MR) is 111 cm³/mol. The lowest BCUT2D eigenvalue weighted by molar-refractivity contribution is -0.141. The molecule has 0 saturated heterocycles. The second-order valence-electron chi connectivity index (χ2n) is 6.45. The number of hydrogen-bond donors (Lipinski definition) is 1. The first-order valence-corrected chi connectivity index (χ1v) is 10.2. The highest BCUT2D eigenvalue weighted by Crippen LogP contribution is 2.28. The summed E-state index contributed by atoms with van der Waals surface area (Å²) in [5, 5.41) is 11.4. The highest BCUT2D eigenvalue weighted by Gasteiger charge is 2.34. The number of halogens is 6. The molecule has 2 aromatic heterocycles. The van der Waals surface area contributed by atoms with Crippen LogP contribution in [0.1, 0.15) is 23.4 Å². The van der Waals surface area contributed by atoms with Crippen molar-refractivity contribution < 1.29 is 18.0 Å². The van der Waals surface area contributed by atoms with Crippen LogP contribution in [0.2, 0.25) is 10.0 Å². The maximum atomic E-state index is 12.7. The van der Waals surface area contributed by atoms with E-state index in [0.29, 0.717) is 32.6 Å². The fraction of sp³-hybridized carbons (Fsp3) is 0.278. The van der Waals surface area contributed by atoms with Crippen LogP contribution in [0.25, 0.3) is 0 Å². The fourth-order valence-corrected chi connectivity index (χ4v) is 3.55. The molecular formula is C18H15BrCl2F3N5O. The molecule has 0 aliphatic rings. The Kier molecular flexibility index (Phi) is 6.78. The second-order valence-corrected chi connectivity index (χ2v) is 8.15. The SMILES string of the molecule is Cc1cc(C(F)(F)F)nn1CCC(=O)Nc1nn(Cc2ccc(Cl)cc2Cl)cc1Br. The molecule has 30 heavy (non-hydrogen) atoms. The number of amides is 1. The third-order valence-electron chi connectivity index (χ3n) is 4.14. The molecule has 0 unspecified atom stereocenters. The lowest BCUT2D eigenvalue weighted by Crippen LogP contribution is -2.17. The summed E-state index contributed by atoms with van der Waals surface area (Å²) >= 11 is 15.4. The van der Waals surface area contributed by atoms with E-state index in [2.05, 4.69) is 31.4 Å². The molecule has 3 rings (SSSR count). The van der Waals surface area contributed by atoms with Gasteiger partial charge in [0, 0.05) is 34.9 Å². The minimum Gasteiger partial charge on any atom is -0.308 e. The van der Waals surface area contributed by atoms with Crippen LogP contribution in [-0.4, -0.2) is 25.5 Å². The summed E-state index contributed by atoms with van der Waals surface area (Å²) < 4.78 is 41.5. The minimum absolute atomic E-state index is 0.00641. The van der Waals surface area contributed by atoms with Crippen molar-refractivity contribution in [3.05, 3.63) is 61.9 Å². The lowest BCUT2D eigenvalue weighted by atomic mass is 10.2. The summed E-state index contributed by atoms with van der Waals surface area (Å²) in [7, 11) is 0. The van der Waals surface area contributed by atoms with E-state index in [-0.39, 0.29) is 13.0 Å². The molecule has 3 aromatic rings. The molecule has 0 atom stereocenters. The van der Waals surface area contributed by atoms with Gasteiger partial charge in [0.1, 0.15) is 0 Å². The van der Waals surface area contributed by atoms with Gasteiger partial charge in [0.05, 0.1) is 11.0 Å². The van der Waals surface area contributed by atoms with Crippen molar-refractivity contribution in [3.63, 3.8) is 0 Å². The Balaban J connectivity index is 1.61. The number of nitrogens with one attached hydrogen (secondary N) is 1. The largest absolute Gasteiger partial charge is 0.435 e. The van der Waals surface area contributed by atoms with E-state index < -0.39 is 17.8 Å². The van der Waals surface area contributed by atoms with Gasteiger partial charge in [0.2, 0.25) is 5.91 Å². The van der Waals surface area contributed by atoms with E-state index in [1.807, 2.05) is 0 Å². The highest BCUT2D eigenvalue weighted by molar-refractivity contribution is 9.10. The van der Waals surface area contributed by atoms with E-state index >= 15 is 0 Å². The quantitative estimate of drug-likeness (QED) is 0.459. The molecule has 0 bridgehead atoms. The molecule has 0 aliphatic heterocycles. The van der Waals surface area contributed by atoms with Crippen LogP contribution in [0, 0.1) is 6.92 Å². The maximum absolute atomic E-state index is 12.7. The monoisotopic (exact) mass is 523 g/mol. The van der Waals surface area contributed by atoms with Gasteiger partial charge in [-0.3, -0.25) is 14.2 Å². The molecule has 0 radical (unpaired) electrons. The summed E-state index contributed by atoms with van der Waals surface area (Å²) in [5.74, 6) is -0.118. The van der Waals surface area contributed by atoms with Crippen LogP contribution in [0.5, 0.6) is 0 Å². The van der Waals surface area contributed by atoms with Gasteiger partial charge in [-0.15, -0.1) is 0 Å². The van der Waals surface area contributed by atoms with Gasteiger partial charge in [-0.1, -0.05) is 29.3 Å². The molecule has 1 aromatic carbocycles. The molecule has 0 saturated carbocycles. The number of aromatic nitrogens is 4. The number of benzene rings is 1. The molecule has 0 fully saturated rings.